The SMILES string of the molecule is COc1ccc(CCC(C)NC(=O)C2CCNCC2)cc1.Cl. The van der Waals surface area contributed by atoms with Gasteiger partial charge < -0.3 is 15.4 Å². The Bertz CT molecular complexity index is 444. The largest absolute Gasteiger partial charge is 0.497 e. The topological polar surface area (TPSA) is 50.4 Å². The fourth-order valence-electron chi connectivity index (χ4n) is 2.69. The third kappa shape index (κ3) is 5.85. The van der Waals surface area contributed by atoms with Crippen LogP contribution in [0.1, 0.15) is 31.7 Å². The lowest BCUT2D eigenvalue weighted by Crippen LogP contribution is -2.41. The predicted octanol–water partition coefficient (Wildman–Crippen LogP) is 2.55. The number of hydrogen-bond acceptors (Lipinski definition) is 3. The van der Waals surface area contributed by atoms with E-state index >= 15 is 0 Å². The minimum atomic E-state index is 0. The molecule has 1 amide bonds. The molecule has 5 heteroatoms. The van der Waals surface area contributed by atoms with Crippen molar-refractivity contribution in [2.45, 2.75) is 38.6 Å². The highest BCUT2D eigenvalue weighted by molar-refractivity contribution is 5.85. The second kappa shape index (κ2) is 9.70. The average molecular weight is 327 g/mol. The Balaban J connectivity index is 0.00000242. The molecule has 1 aliphatic heterocycles. The monoisotopic (exact) mass is 326 g/mol. The lowest BCUT2D eigenvalue weighted by molar-refractivity contribution is -0.126. The van der Waals surface area contributed by atoms with Gasteiger partial charge in [-0.15, -0.1) is 12.4 Å². The summed E-state index contributed by atoms with van der Waals surface area (Å²) in [6.45, 7) is 4.00. The van der Waals surface area contributed by atoms with E-state index in [0.29, 0.717) is 0 Å². The summed E-state index contributed by atoms with van der Waals surface area (Å²) in [5.41, 5.74) is 1.28. The Hall–Kier alpha value is -1.26. The number of nitrogens with one attached hydrogen (secondary N) is 2. The molecule has 124 valence electrons. The van der Waals surface area contributed by atoms with Crippen LogP contribution in [0.5, 0.6) is 5.75 Å². The normalized spacial score (nSPS) is 16.5. The first-order chi connectivity index (χ1) is 10.2. The number of rotatable bonds is 6. The second-order valence-corrected chi connectivity index (χ2v) is 5.82. The third-order valence-corrected chi connectivity index (χ3v) is 4.12. The molecule has 1 fully saturated rings. The fraction of sp³-hybridized carbons (Fsp3) is 0.588. The minimum absolute atomic E-state index is 0. The molecule has 1 unspecified atom stereocenters. The Morgan fingerprint density at radius 3 is 2.55 bits per heavy atom. The van der Waals surface area contributed by atoms with Crippen molar-refractivity contribution in [2.24, 2.45) is 5.92 Å². The Morgan fingerprint density at radius 1 is 1.32 bits per heavy atom. The maximum Gasteiger partial charge on any atom is 0.223 e. The maximum atomic E-state index is 12.1. The summed E-state index contributed by atoms with van der Waals surface area (Å²) in [5, 5.41) is 6.44. The molecule has 22 heavy (non-hydrogen) atoms. The quantitative estimate of drug-likeness (QED) is 0.844. The first-order valence-electron chi connectivity index (χ1n) is 7.83. The number of amides is 1. The van der Waals surface area contributed by atoms with Crippen LogP contribution in [0.2, 0.25) is 0 Å². The second-order valence-electron chi connectivity index (χ2n) is 5.82. The maximum absolute atomic E-state index is 12.1. The van der Waals surface area contributed by atoms with Gasteiger partial charge in [0, 0.05) is 12.0 Å². The van der Waals surface area contributed by atoms with Crippen LogP contribution in [-0.2, 0) is 11.2 Å². The van der Waals surface area contributed by atoms with Gasteiger partial charge in [0.05, 0.1) is 7.11 Å². The zero-order valence-corrected chi connectivity index (χ0v) is 14.2. The number of carbonyl (C=O) groups excluding carboxylic acids is 1. The number of ether oxygens (including phenoxy) is 1. The predicted molar refractivity (Wildman–Crippen MR) is 91.8 cm³/mol. The summed E-state index contributed by atoms with van der Waals surface area (Å²) in [5.74, 6) is 1.29. The molecule has 0 spiro atoms. The van der Waals surface area contributed by atoms with Gasteiger partial charge in [-0.2, -0.15) is 0 Å². The Kier molecular flexibility index (Phi) is 8.28. The van der Waals surface area contributed by atoms with E-state index in [1.807, 2.05) is 12.1 Å². The van der Waals surface area contributed by atoms with Crippen LogP contribution >= 0.6 is 12.4 Å². The number of methoxy groups -OCH3 is 1. The van der Waals surface area contributed by atoms with E-state index in [4.69, 9.17) is 4.74 Å². The lowest BCUT2D eigenvalue weighted by atomic mass is 9.96. The van der Waals surface area contributed by atoms with E-state index in [-0.39, 0.29) is 30.3 Å². The van der Waals surface area contributed by atoms with Crippen LogP contribution in [-0.4, -0.2) is 32.1 Å². The summed E-state index contributed by atoms with van der Waals surface area (Å²) >= 11 is 0. The van der Waals surface area contributed by atoms with Crippen molar-refractivity contribution < 1.29 is 9.53 Å². The molecule has 0 radical (unpaired) electrons. The summed E-state index contributed by atoms with van der Waals surface area (Å²) < 4.78 is 5.15. The molecule has 1 aromatic rings. The van der Waals surface area contributed by atoms with Gasteiger partial charge in [-0.1, -0.05) is 12.1 Å². The molecule has 0 aliphatic carbocycles. The molecular weight excluding hydrogens is 300 g/mol. The highest BCUT2D eigenvalue weighted by Crippen LogP contribution is 2.14. The number of halogens is 1. The molecule has 4 nitrogen and oxygen atoms in total. The number of aryl methyl sites for hydroxylation is 1. The molecule has 1 aliphatic rings. The first kappa shape index (κ1) is 18.8. The smallest absolute Gasteiger partial charge is 0.223 e. The molecular formula is C17H27ClN2O2. The number of piperidine rings is 1. The van der Waals surface area contributed by atoms with Crippen LogP contribution in [0, 0.1) is 5.92 Å². The highest BCUT2D eigenvalue weighted by Gasteiger charge is 2.21. The van der Waals surface area contributed by atoms with E-state index in [9.17, 15) is 4.79 Å². The molecule has 1 atom stereocenters. The third-order valence-electron chi connectivity index (χ3n) is 4.12. The van der Waals surface area contributed by atoms with E-state index in [0.717, 1.165) is 44.5 Å². The van der Waals surface area contributed by atoms with Crippen LogP contribution in [0.15, 0.2) is 24.3 Å². The van der Waals surface area contributed by atoms with Crippen molar-refractivity contribution in [3.63, 3.8) is 0 Å². The molecule has 1 heterocycles. The molecule has 0 aromatic heterocycles. The number of hydrogen-bond donors (Lipinski definition) is 2. The molecule has 0 bridgehead atoms. The summed E-state index contributed by atoms with van der Waals surface area (Å²) in [7, 11) is 1.67. The molecule has 1 aromatic carbocycles. The summed E-state index contributed by atoms with van der Waals surface area (Å²) in [6.07, 6.45) is 3.84. The summed E-state index contributed by atoms with van der Waals surface area (Å²) in [4.78, 5) is 12.1. The van der Waals surface area contributed by atoms with Crippen molar-refractivity contribution in [1.82, 2.24) is 10.6 Å². The summed E-state index contributed by atoms with van der Waals surface area (Å²) in [6, 6.07) is 8.34. The number of carbonyl (C=O) groups is 1. The molecule has 2 N–H and O–H groups in total. The van der Waals surface area contributed by atoms with Gasteiger partial charge in [0.25, 0.3) is 0 Å². The van der Waals surface area contributed by atoms with Gasteiger partial charge >= 0.3 is 0 Å². The van der Waals surface area contributed by atoms with E-state index in [2.05, 4.69) is 29.7 Å². The van der Waals surface area contributed by atoms with Crippen molar-refractivity contribution in [3.05, 3.63) is 29.8 Å². The Labute approximate surface area is 139 Å². The van der Waals surface area contributed by atoms with Gasteiger partial charge in [0.2, 0.25) is 5.91 Å². The van der Waals surface area contributed by atoms with Gasteiger partial charge in [0.1, 0.15) is 5.75 Å². The molecule has 2 rings (SSSR count). The van der Waals surface area contributed by atoms with Gasteiger partial charge in [-0.25, -0.2) is 0 Å². The van der Waals surface area contributed by atoms with E-state index in [1.165, 1.54) is 5.56 Å². The minimum Gasteiger partial charge on any atom is -0.497 e. The standard InChI is InChI=1S/C17H26N2O2.ClH/c1-13(19-17(20)15-9-11-18-12-10-15)3-4-14-5-7-16(21-2)8-6-14;/h5-8,13,15,18H,3-4,9-12H2,1-2H3,(H,19,20);1H. The highest BCUT2D eigenvalue weighted by atomic mass is 35.5. The van der Waals surface area contributed by atoms with Crippen molar-refractivity contribution in [1.29, 1.82) is 0 Å². The first-order valence-corrected chi connectivity index (χ1v) is 7.83. The van der Waals surface area contributed by atoms with Crippen LogP contribution in [0.4, 0.5) is 0 Å². The van der Waals surface area contributed by atoms with Gasteiger partial charge in [-0.3, -0.25) is 4.79 Å². The zero-order chi connectivity index (χ0) is 15.1. The van der Waals surface area contributed by atoms with Crippen LogP contribution in [0.25, 0.3) is 0 Å². The van der Waals surface area contributed by atoms with Crippen LogP contribution < -0.4 is 15.4 Å². The number of benzene rings is 1. The Morgan fingerprint density at radius 2 is 1.95 bits per heavy atom. The molecule has 0 saturated carbocycles. The van der Waals surface area contributed by atoms with E-state index < -0.39 is 0 Å². The van der Waals surface area contributed by atoms with E-state index in [1.54, 1.807) is 7.11 Å². The fourth-order valence-corrected chi connectivity index (χ4v) is 2.69. The lowest BCUT2D eigenvalue weighted by Gasteiger charge is -2.24. The zero-order valence-electron chi connectivity index (χ0n) is 13.4. The van der Waals surface area contributed by atoms with Gasteiger partial charge in [0.15, 0.2) is 0 Å². The average Bonchev–Trinajstić information content (AvgIpc) is 2.54. The van der Waals surface area contributed by atoms with Crippen LogP contribution in [0.3, 0.4) is 0 Å². The van der Waals surface area contributed by atoms with Crippen molar-refractivity contribution in [3.8, 4) is 5.75 Å². The molecule has 1 saturated heterocycles. The van der Waals surface area contributed by atoms with Gasteiger partial charge in [-0.05, 0) is 63.4 Å². The van der Waals surface area contributed by atoms with Crippen molar-refractivity contribution in [2.75, 3.05) is 20.2 Å². The van der Waals surface area contributed by atoms with Crippen molar-refractivity contribution >= 4 is 18.3 Å².